The average molecular weight is 200 g/mol. The van der Waals surface area contributed by atoms with Gasteiger partial charge < -0.3 is 0 Å². The SMILES string of the molecule is CCc1ccc(-c2cn(C)nc2C)cc1. The van der Waals surface area contributed by atoms with Crippen LogP contribution in [-0.2, 0) is 13.5 Å². The van der Waals surface area contributed by atoms with Gasteiger partial charge in [-0.2, -0.15) is 5.10 Å². The summed E-state index contributed by atoms with van der Waals surface area (Å²) in [4.78, 5) is 0. The van der Waals surface area contributed by atoms with Gasteiger partial charge in [0.05, 0.1) is 5.69 Å². The molecule has 0 aliphatic rings. The molecule has 1 heterocycles. The van der Waals surface area contributed by atoms with E-state index in [1.54, 1.807) is 0 Å². The molecule has 0 spiro atoms. The van der Waals surface area contributed by atoms with Gasteiger partial charge in [-0.05, 0) is 24.5 Å². The Morgan fingerprint density at radius 3 is 2.33 bits per heavy atom. The molecule has 0 aliphatic carbocycles. The third-order valence-corrected chi connectivity index (χ3v) is 2.69. The van der Waals surface area contributed by atoms with Crippen molar-refractivity contribution in [3.8, 4) is 11.1 Å². The smallest absolute Gasteiger partial charge is 0.0671 e. The van der Waals surface area contributed by atoms with Gasteiger partial charge in [0.15, 0.2) is 0 Å². The van der Waals surface area contributed by atoms with Crippen molar-refractivity contribution >= 4 is 0 Å². The predicted octanol–water partition coefficient (Wildman–Crippen LogP) is 2.96. The van der Waals surface area contributed by atoms with Crippen molar-refractivity contribution in [3.63, 3.8) is 0 Å². The van der Waals surface area contributed by atoms with Crippen LogP contribution in [0.5, 0.6) is 0 Å². The molecule has 2 nitrogen and oxygen atoms in total. The molecule has 0 atom stereocenters. The fraction of sp³-hybridized carbons (Fsp3) is 0.308. The Kier molecular flexibility index (Phi) is 2.58. The minimum atomic E-state index is 1.08. The first-order valence-corrected chi connectivity index (χ1v) is 5.30. The largest absolute Gasteiger partial charge is 0.275 e. The van der Waals surface area contributed by atoms with E-state index in [9.17, 15) is 0 Å². The van der Waals surface area contributed by atoms with Crippen LogP contribution in [0.4, 0.5) is 0 Å². The molecule has 1 aromatic carbocycles. The van der Waals surface area contributed by atoms with E-state index in [0.717, 1.165) is 12.1 Å². The van der Waals surface area contributed by atoms with E-state index in [2.05, 4.69) is 42.5 Å². The lowest BCUT2D eigenvalue weighted by Crippen LogP contribution is -1.86. The maximum absolute atomic E-state index is 4.35. The van der Waals surface area contributed by atoms with Gasteiger partial charge in [-0.25, -0.2) is 0 Å². The first-order valence-electron chi connectivity index (χ1n) is 5.30. The summed E-state index contributed by atoms with van der Waals surface area (Å²) < 4.78 is 1.86. The van der Waals surface area contributed by atoms with Gasteiger partial charge in [0.25, 0.3) is 0 Å². The molecule has 2 heteroatoms. The van der Waals surface area contributed by atoms with Crippen molar-refractivity contribution in [1.82, 2.24) is 9.78 Å². The third-order valence-electron chi connectivity index (χ3n) is 2.69. The van der Waals surface area contributed by atoms with E-state index in [-0.39, 0.29) is 0 Å². The number of rotatable bonds is 2. The topological polar surface area (TPSA) is 17.8 Å². The quantitative estimate of drug-likeness (QED) is 0.728. The lowest BCUT2D eigenvalue weighted by Gasteiger charge is -2.00. The normalized spacial score (nSPS) is 10.6. The Hall–Kier alpha value is -1.57. The maximum Gasteiger partial charge on any atom is 0.0671 e. The van der Waals surface area contributed by atoms with Crippen molar-refractivity contribution in [2.45, 2.75) is 20.3 Å². The Bertz CT molecular complexity index is 452. The first-order chi connectivity index (χ1) is 7.20. The van der Waals surface area contributed by atoms with E-state index in [0.29, 0.717) is 0 Å². The molecular weight excluding hydrogens is 184 g/mol. The minimum Gasteiger partial charge on any atom is -0.275 e. The molecule has 0 N–H and O–H groups in total. The molecule has 78 valence electrons. The van der Waals surface area contributed by atoms with Crippen LogP contribution in [-0.4, -0.2) is 9.78 Å². The molecule has 2 rings (SSSR count). The van der Waals surface area contributed by atoms with Crippen molar-refractivity contribution in [1.29, 1.82) is 0 Å². The molecule has 0 bridgehead atoms. The summed E-state index contributed by atoms with van der Waals surface area (Å²) in [6.07, 6.45) is 3.16. The third kappa shape index (κ3) is 1.94. The van der Waals surface area contributed by atoms with Gasteiger partial charge in [0, 0.05) is 18.8 Å². The van der Waals surface area contributed by atoms with Crippen LogP contribution >= 0.6 is 0 Å². The van der Waals surface area contributed by atoms with Crippen molar-refractivity contribution < 1.29 is 0 Å². The van der Waals surface area contributed by atoms with E-state index in [1.165, 1.54) is 16.7 Å². The summed E-state index contributed by atoms with van der Waals surface area (Å²) in [5.74, 6) is 0. The summed E-state index contributed by atoms with van der Waals surface area (Å²) in [6.45, 7) is 4.22. The Balaban J connectivity index is 2.41. The highest BCUT2D eigenvalue weighted by Crippen LogP contribution is 2.22. The van der Waals surface area contributed by atoms with E-state index in [4.69, 9.17) is 0 Å². The van der Waals surface area contributed by atoms with Crippen LogP contribution < -0.4 is 0 Å². The van der Waals surface area contributed by atoms with Crippen LogP contribution in [0.1, 0.15) is 18.2 Å². The second-order valence-corrected chi connectivity index (χ2v) is 3.85. The molecule has 0 unspecified atom stereocenters. The molecule has 1 aromatic heterocycles. The predicted molar refractivity (Wildman–Crippen MR) is 62.8 cm³/mol. The fourth-order valence-electron chi connectivity index (χ4n) is 1.80. The molecular formula is C13H16N2. The number of aromatic nitrogens is 2. The van der Waals surface area contributed by atoms with E-state index < -0.39 is 0 Å². The van der Waals surface area contributed by atoms with Gasteiger partial charge in [-0.1, -0.05) is 31.2 Å². The van der Waals surface area contributed by atoms with Crippen LogP contribution in [0.15, 0.2) is 30.5 Å². The average Bonchev–Trinajstić information content (AvgIpc) is 2.58. The van der Waals surface area contributed by atoms with Gasteiger partial charge in [-0.15, -0.1) is 0 Å². The summed E-state index contributed by atoms with van der Waals surface area (Å²) in [5, 5.41) is 4.35. The second-order valence-electron chi connectivity index (χ2n) is 3.85. The Morgan fingerprint density at radius 1 is 1.20 bits per heavy atom. The van der Waals surface area contributed by atoms with Crippen molar-refractivity contribution in [3.05, 3.63) is 41.7 Å². The van der Waals surface area contributed by atoms with Gasteiger partial charge in [-0.3, -0.25) is 4.68 Å². The highest BCUT2D eigenvalue weighted by atomic mass is 15.2. The monoisotopic (exact) mass is 200 g/mol. The van der Waals surface area contributed by atoms with Gasteiger partial charge in [0.2, 0.25) is 0 Å². The molecule has 0 radical (unpaired) electrons. The Morgan fingerprint density at radius 2 is 1.87 bits per heavy atom. The summed E-state index contributed by atoms with van der Waals surface area (Å²) in [5.41, 5.74) is 4.93. The van der Waals surface area contributed by atoms with Crippen molar-refractivity contribution in [2.24, 2.45) is 7.05 Å². The zero-order chi connectivity index (χ0) is 10.8. The second kappa shape index (κ2) is 3.89. The molecule has 0 amide bonds. The van der Waals surface area contributed by atoms with Crippen LogP contribution in [0.2, 0.25) is 0 Å². The lowest BCUT2D eigenvalue weighted by molar-refractivity contribution is 0.756. The van der Waals surface area contributed by atoms with Crippen molar-refractivity contribution in [2.75, 3.05) is 0 Å². The lowest BCUT2D eigenvalue weighted by atomic mass is 10.0. The number of aryl methyl sites for hydroxylation is 3. The van der Waals surface area contributed by atoms with Crippen LogP contribution in [0, 0.1) is 6.92 Å². The highest BCUT2D eigenvalue weighted by molar-refractivity contribution is 5.65. The fourth-order valence-corrected chi connectivity index (χ4v) is 1.80. The molecule has 0 aliphatic heterocycles. The molecule has 15 heavy (non-hydrogen) atoms. The molecule has 0 fully saturated rings. The highest BCUT2D eigenvalue weighted by Gasteiger charge is 2.04. The molecule has 2 aromatic rings. The van der Waals surface area contributed by atoms with Crippen LogP contribution in [0.25, 0.3) is 11.1 Å². The maximum atomic E-state index is 4.35. The summed E-state index contributed by atoms with van der Waals surface area (Å²) >= 11 is 0. The zero-order valence-electron chi connectivity index (χ0n) is 9.49. The Labute approximate surface area is 90.6 Å². The summed E-state index contributed by atoms with van der Waals surface area (Å²) in [7, 11) is 1.96. The van der Waals surface area contributed by atoms with Gasteiger partial charge in [0.1, 0.15) is 0 Å². The number of nitrogens with zero attached hydrogens (tertiary/aromatic N) is 2. The summed E-state index contributed by atoms with van der Waals surface area (Å²) in [6, 6.07) is 8.70. The first kappa shape index (κ1) is 9.97. The number of hydrogen-bond donors (Lipinski definition) is 0. The number of hydrogen-bond acceptors (Lipinski definition) is 1. The van der Waals surface area contributed by atoms with Crippen LogP contribution in [0.3, 0.4) is 0 Å². The standard InChI is InChI=1S/C13H16N2/c1-4-11-5-7-12(8-6-11)13-9-15(3)14-10(13)2/h5-9H,4H2,1-3H3. The number of benzene rings is 1. The molecule has 0 saturated heterocycles. The van der Waals surface area contributed by atoms with E-state index >= 15 is 0 Å². The minimum absolute atomic E-state index is 1.08. The molecule has 0 saturated carbocycles. The zero-order valence-corrected chi connectivity index (χ0v) is 9.49. The van der Waals surface area contributed by atoms with Gasteiger partial charge >= 0.3 is 0 Å². The van der Waals surface area contributed by atoms with E-state index in [1.807, 2.05) is 18.7 Å².